The van der Waals surface area contributed by atoms with Crippen LogP contribution in [-0.2, 0) is 0 Å². The summed E-state index contributed by atoms with van der Waals surface area (Å²) in [6.45, 7) is 0. The summed E-state index contributed by atoms with van der Waals surface area (Å²) in [5.74, 6) is 0. The molecule has 0 aliphatic heterocycles. The second-order valence-electron chi connectivity index (χ2n) is 3.67. The molecule has 1 unspecified atom stereocenters. The van der Waals surface area contributed by atoms with Gasteiger partial charge in [0.2, 0.25) is 0 Å². The Morgan fingerprint density at radius 3 is 2.64 bits per heavy atom. The quantitative estimate of drug-likeness (QED) is 0.724. The standard InChI is InChI=1S/C11H15N3/c12-11(9-4-2-1-3-5-9)10-6-13-8-14-7-10/h4,6-8,11H,1-3,5,12H2. The average Bonchev–Trinajstić information content (AvgIpc) is 2.30. The lowest BCUT2D eigenvalue weighted by molar-refractivity contribution is 0.646. The first kappa shape index (κ1) is 9.34. The number of hydrogen-bond acceptors (Lipinski definition) is 3. The summed E-state index contributed by atoms with van der Waals surface area (Å²) < 4.78 is 0. The maximum absolute atomic E-state index is 6.12. The van der Waals surface area contributed by atoms with Crippen LogP contribution in [-0.4, -0.2) is 9.97 Å². The van der Waals surface area contributed by atoms with Gasteiger partial charge in [-0.3, -0.25) is 0 Å². The van der Waals surface area contributed by atoms with Gasteiger partial charge in [0.05, 0.1) is 6.04 Å². The topological polar surface area (TPSA) is 51.8 Å². The molecule has 3 nitrogen and oxygen atoms in total. The predicted molar refractivity (Wildman–Crippen MR) is 55.5 cm³/mol. The van der Waals surface area contributed by atoms with Crippen molar-refractivity contribution in [1.29, 1.82) is 0 Å². The molecule has 0 aromatic carbocycles. The molecule has 2 rings (SSSR count). The van der Waals surface area contributed by atoms with Gasteiger partial charge < -0.3 is 5.73 Å². The fourth-order valence-corrected chi connectivity index (χ4v) is 1.83. The molecule has 1 atom stereocenters. The molecule has 3 heteroatoms. The third-order valence-electron chi connectivity index (χ3n) is 2.67. The summed E-state index contributed by atoms with van der Waals surface area (Å²) in [4.78, 5) is 7.96. The molecule has 0 amide bonds. The average molecular weight is 189 g/mol. The number of nitrogens with two attached hydrogens (primary N) is 1. The molecule has 1 aromatic heterocycles. The van der Waals surface area contributed by atoms with Crippen molar-refractivity contribution in [3.63, 3.8) is 0 Å². The Labute approximate surface area is 84.1 Å². The first-order chi connectivity index (χ1) is 6.88. The molecule has 0 radical (unpaired) electrons. The van der Waals surface area contributed by atoms with Crippen molar-refractivity contribution >= 4 is 0 Å². The smallest absolute Gasteiger partial charge is 0.115 e. The highest BCUT2D eigenvalue weighted by Crippen LogP contribution is 2.26. The van der Waals surface area contributed by atoms with Gasteiger partial charge in [-0.05, 0) is 25.7 Å². The van der Waals surface area contributed by atoms with Crippen LogP contribution in [0.4, 0.5) is 0 Å². The summed E-state index contributed by atoms with van der Waals surface area (Å²) >= 11 is 0. The molecular weight excluding hydrogens is 174 g/mol. The number of nitrogens with zero attached hydrogens (tertiary/aromatic N) is 2. The maximum atomic E-state index is 6.12. The van der Waals surface area contributed by atoms with Crippen LogP contribution in [0.15, 0.2) is 30.4 Å². The fraction of sp³-hybridized carbons (Fsp3) is 0.455. The normalized spacial score (nSPS) is 18.8. The Hall–Kier alpha value is -1.22. The highest BCUT2D eigenvalue weighted by molar-refractivity contribution is 5.23. The Kier molecular flexibility index (Phi) is 2.89. The zero-order valence-electron chi connectivity index (χ0n) is 8.19. The Bertz CT molecular complexity index is 319. The third-order valence-corrected chi connectivity index (χ3v) is 2.67. The van der Waals surface area contributed by atoms with Crippen molar-refractivity contribution in [3.8, 4) is 0 Å². The van der Waals surface area contributed by atoms with Crippen molar-refractivity contribution in [2.45, 2.75) is 31.7 Å². The van der Waals surface area contributed by atoms with Crippen LogP contribution in [0.1, 0.15) is 37.3 Å². The molecule has 0 bridgehead atoms. The van der Waals surface area contributed by atoms with E-state index in [0.717, 1.165) is 18.4 Å². The van der Waals surface area contributed by atoms with Gasteiger partial charge in [-0.25, -0.2) is 9.97 Å². The second-order valence-corrected chi connectivity index (χ2v) is 3.67. The lowest BCUT2D eigenvalue weighted by Gasteiger charge is -2.19. The summed E-state index contributed by atoms with van der Waals surface area (Å²) in [6, 6.07) is -0.00324. The van der Waals surface area contributed by atoms with E-state index in [2.05, 4.69) is 16.0 Å². The Morgan fingerprint density at radius 1 is 1.21 bits per heavy atom. The molecular formula is C11H15N3. The van der Waals surface area contributed by atoms with Crippen molar-refractivity contribution in [2.75, 3.05) is 0 Å². The van der Waals surface area contributed by atoms with E-state index in [-0.39, 0.29) is 6.04 Å². The predicted octanol–water partition coefficient (Wildman–Crippen LogP) is 1.98. The Morgan fingerprint density at radius 2 is 2.00 bits per heavy atom. The molecule has 2 N–H and O–H groups in total. The zero-order chi connectivity index (χ0) is 9.80. The van der Waals surface area contributed by atoms with Crippen molar-refractivity contribution in [2.24, 2.45) is 5.73 Å². The fourth-order valence-electron chi connectivity index (χ4n) is 1.83. The number of hydrogen-bond donors (Lipinski definition) is 1. The molecule has 0 saturated carbocycles. The van der Waals surface area contributed by atoms with Gasteiger partial charge in [0.25, 0.3) is 0 Å². The highest BCUT2D eigenvalue weighted by atomic mass is 14.8. The van der Waals surface area contributed by atoms with Gasteiger partial charge in [-0.1, -0.05) is 11.6 Å². The van der Waals surface area contributed by atoms with Crippen molar-refractivity contribution in [3.05, 3.63) is 35.9 Å². The van der Waals surface area contributed by atoms with Gasteiger partial charge in [-0.2, -0.15) is 0 Å². The molecule has 0 saturated heterocycles. The van der Waals surface area contributed by atoms with E-state index in [1.807, 2.05) is 0 Å². The van der Waals surface area contributed by atoms with Crippen LogP contribution in [0.25, 0.3) is 0 Å². The van der Waals surface area contributed by atoms with Crippen LogP contribution in [0, 0.1) is 0 Å². The van der Waals surface area contributed by atoms with E-state index in [0.29, 0.717) is 0 Å². The van der Waals surface area contributed by atoms with Gasteiger partial charge in [-0.15, -0.1) is 0 Å². The number of allylic oxidation sites excluding steroid dienone is 1. The van der Waals surface area contributed by atoms with Crippen molar-refractivity contribution < 1.29 is 0 Å². The zero-order valence-corrected chi connectivity index (χ0v) is 8.19. The molecule has 1 heterocycles. The summed E-state index contributed by atoms with van der Waals surface area (Å²) in [7, 11) is 0. The van der Waals surface area contributed by atoms with Crippen LogP contribution < -0.4 is 5.73 Å². The minimum atomic E-state index is -0.00324. The van der Waals surface area contributed by atoms with E-state index in [1.165, 1.54) is 24.7 Å². The molecule has 1 aliphatic rings. The second kappa shape index (κ2) is 4.33. The highest BCUT2D eigenvalue weighted by Gasteiger charge is 2.13. The van der Waals surface area contributed by atoms with Gasteiger partial charge in [0.15, 0.2) is 0 Å². The van der Waals surface area contributed by atoms with Gasteiger partial charge in [0, 0.05) is 18.0 Å². The first-order valence-electron chi connectivity index (χ1n) is 5.07. The molecule has 74 valence electrons. The SMILES string of the molecule is NC(C1=CCCCC1)c1cncnc1. The molecule has 1 aromatic rings. The van der Waals surface area contributed by atoms with E-state index in [4.69, 9.17) is 5.73 Å². The summed E-state index contributed by atoms with van der Waals surface area (Å²) in [6.07, 6.45) is 12.2. The van der Waals surface area contributed by atoms with Crippen LogP contribution in [0.3, 0.4) is 0 Å². The number of rotatable bonds is 2. The minimum absolute atomic E-state index is 0.00324. The lowest BCUT2D eigenvalue weighted by atomic mass is 9.91. The molecule has 0 fully saturated rings. The van der Waals surface area contributed by atoms with E-state index >= 15 is 0 Å². The summed E-state index contributed by atoms with van der Waals surface area (Å²) in [5, 5.41) is 0. The van der Waals surface area contributed by atoms with E-state index in [9.17, 15) is 0 Å². The van der Waals surface area contributed by atoms with Crippen LogP contribution in [0.5, 0.6) is 0 Å². The summed E-state index contributed by atoms with van der Waals surface area (Å²) in [5.41, 5.74) is 8.47. The van der Waals surface area contributed by atoms with E-state index in [1.54, 1.807) is 12.4 Å². The molecule has 0 spiro atoms. The minimum Gasteiger partial charge on any atom is -0.320 e. The van der Waals surface area contributed by atoms with Crippen molar-refractivity contribution in [1.82, 2.24) is 9.97 Å². The monoisotopic (exact) mass is 189 g/mol. The Balaban J connectivity index is 2.15. The van der Waals surface area contributed by atoms with Gasteiger partial charge >= 0.3 is 0 Å². The largest absolute Gasteiger partial charge is 0.320 e. The van der Waals surface area contributed by atoms with Crippen LogP contribution >= 0.6 is 0 Å². The third kappa shape index (κ3) is 1.99. The van der Waals surface area contributed by atoms with E-state index < -0.39 is 0 Å². The molecule has 14 heavy (non-hydrogen) atoms. The molecule has 1 aliphatic carbocycles. The lowest BCUT2D eigenvalue weighted by Crippen LogP contribution is -2.15. The maximum Gasteiger partial charge on any atom is 0.115 e. The first-order valence-corrected chi connectivity index (χ1v) is 5.07. The van der Waals surface area contributed by atoms with Crippen LogP contribution in [0.2, 0.25) is 0 Å². The number of aromatic nitrogens is 2. The van der Waals surface area contributed by atoms with Gasteiger partial charge in [0.1, 0.15) is 6.33 Å².